The maximum Gasteiger partial charge on any atom is 0.151 e. The molecule has 6 saturated carbocycles. The van der Waals surface area contributed by atoms with Gasteiger partial charge in [0.25, 0.3) is 0 Å². The van der Waals surface area contributed by atoms with Crippen LogP contribution in [0.1, 0.15) is 135 Å². The SMILES string of the molecule is Cc1cn(C23CC(Cc4nc5n(n4)CCCC[C@@H]5c4cccc(Cl)c4)(C2)C3)cn1.Cc1cn(C23CC(Cc4nc5n(n4)CCCC[C@H]5c4cccc(Cl)c4)(C2)C3)cn1. The number of rotatable bonds is 8. The van der Waals surface area contributed by atoms with Gasteiger partial charge in [-0.1, -0.05) is 60.3 Å². The van der Waals surface area contributed by atoms with E-state index in [1.165, 1.54) is 75.3 Å². The Morgan fingerprint density at radius 3 is 1.41 bits per heavy atom. The molecule has 0 amide bonds. The van der Waals surface area contributed by atoms with E-state index in [4.69, 9.17) is 43.4 Å². The molecule has 2 aliphatic heterocycles. The molecular formula is C46H52Cl2N10. The molecule has 0 radical (unpaired) electrons. The minimum atomic E-state index is 0.297. The number of aryl methyl sites for hydroxylation is 4. The smallest absolute Gasteiger partial charge is 0.151 e. The molecule has 4 bridgehead atoms. The standard InChI is InChI=1S/2C23H26ClN5/c2*1-16-11-28(15-25-16)23-12-22(13-23,14-23)10-20-26-21-19(7-2-3-8-29(21)27-20)17-5-4-6-18(24)9-17/h2*4-6,9,11,15,19H,2-3,7-8,10,12-14H2,1H3/t2*19-,22?,23?/m10/s1. The summed E-state index contributed by atoms with van der Waals surface area (Å²) < 4.78 is 9.03. The molecular weight excluding hydrogens is 763 g/mol. The fraction of sp³-hybridized carbons (Fsp3) is 0.522. The van der Waals surface area contributed by atoms with E-state index in [2.05, 4.69) is 79.0 Å². The van der Waals surface area contributed by atoms with Crippen LogP contribution in [0.15, 0.2) is 73.6 Å². The van der Waals surface area contributed by atoms with Crippen LogP contribution in [-0.2, 0) is 37.0 Å². The third kappa shape index (κ3) is 6.27. The number of nitrogens with zero attached hydrogens (tertiary/aromatic N) is 10. The lowest BCUT2D eigenvalue weighted by atomic mass is 9.38. The third-order valence-electron chi connectivity index (χ3n) is 14.6. The second kappa shape index (κ2) is 13.6. The molecule has 0 unspecified atom stereocenters. The number of hydrogen-bond donors (Lipinski definition) is 0. The van der Waals surface area contributed by atoms with E-state index in [0.717, 1.165) is 83.5 Å². The van der Waals surface area contributed by atoms with Crippen LogP contribution in [0.25, 0.3) is 0 Å². The summed E-state index contributed by atoms with van der Waals surface area (Å²) in [6.07, 6.45) is 24.8. The van der Waals surface area contributed by atoms with Gasteiger partial charge in [0.05, 0.1) is 24.0 Å². The molecule has 2 atom stereocenters. The predicted octanol–water partition coefficient (Wildman–Crippen LogP) is 9.75. The summed E-state index contributed by atoms with van der Waals surface area (Å²) >= 11 is 12.5. The molecule has 6 aliphatic carbocycles. The Balaban J connectivity index is 0.000000133. The molecule has 0 spiro atoms. The van der Waals surface area contributed by atoms with Crippen LogP contribution >= 0.6 is 23.2 Å². The highest BCUT2D eigenvalue weighted by Crippen LogP contribution is 2.73. The zero-order valence-corrected chi connectivity index (χ0v) is 35.1. The topological polar surface area (TPSA) is 97.1 Å². The Kier molecular flexibility index (Phi) is 8.64. The van der Waals surface area contributed by atoms with Crippen molar-refractivity contribution in [1.82, 2.24) is 48.6 Å². The van der Waals surface area contributed by atoms with Crippen molar-refractivity contribution >= 4 is 23.2 Å². The van der Waals surface area contributed by atoms with Gasteiger partial charge in [0.1, 0.15) is 11.6 Å². The first-order valence-corrected chi connectivity index (χ1v) is 22.2. The molecule has 2 aromatic carbocycles. The molecule has 6 heterocycles. The minimum absolute atomic E-state index is 0.297. The van der Waals surface area contributed by atoms with Crippen molar-refractivity contribution in [3.8, 4) is 0 Å². The van der Waals surface area contributed by atoms with Gasteiger partial charge in [-0.3, -0.25) is 0 Å². The second-order valence-electron chi connectivity index (χ2n) is 19.1. The first-order chi connectivity index (χ1) is 28.1. The summed E-state index contributed by atoms with van der Waals surface area (Å²) in [6, 6.07) is 16.5. The van der Waals surface area contributed by atoms with Crippen LogP contribution in [0, 0.1) is 24.7 Å². The molecule has 8 aliphatic rings. The van der Waals surface area contributed by atoms with Gasteiger partial charge in [-0.15, -0.1) is 0 Å². The number of imidazole rings is 2. The van der Waals surface area contributed by atoms with Crippen LogP contribution in [0.4, 0.5) is 0 Å². The van der Waals surface area contributed by atoms with Crippen molar-refractivity contribution in [2.75, 3.05) is 0 Å². The number of halogens is 2. The van der Waals surface area contributed by atoms with Crippen molar-refractivity contribution in [3.05, 3.63) is 129 Å². The van der Waals surface area contributed by atoms with Crippen molar-refractivity contribution in [2.24, 2.45) is 10.8 Å². The van der Waals surface area contributed by atoms with E-state index in [0.29, 0.717) is 33.7 Å². The molecule has 0 N–H and O–H groups in total. The fourth-order valence-corrected chi connectivity index (χ4v) is 12.6. The van der Waals surface area contributed by atoms with E-state index < -0.39 is 0 Å². The highest BCUT2D eigenvalue weighted by atomic mass is 35.5. The number of fused-ring (bicyclic) bond motifs is 2. The molecule has 12 heteroatoms. The van der Waals surface area contributed by atoms with E-state index in [9.17, 15) is 0 Å². The normalized spacial score (nSPS) is 30.2. The molecule has 6 fully saturated rings. The Morgan fingerprint density at radius 1 is 0.603 bits per heavy atom. The van der Waals surface area contributed by atoms with Crippen molar-refractivity contribution in [2.45, 2.75) is 140 Å². The Labute approximate surface area is 350 Å². The highest BCUT2D eigenvalue weighted by Gasteiger charge is 2.69. The summed E-state index contributed by atoms with van der Waals surface area (Å²) in [5, 5.41) is 11.5. The summed E-state index contributed by atoms with van der Waals surface area (Å²) in [4.78, 5) is 19.0. The lowest BCUT2D eigenvalue weighted by Crippen LogP contribution is -2.68. The molecule has 6 aromatic rings. The zero-order chi connectivity index (χ0) is 39.3. The zero-order valence-electron chi connectivity index (χ0n) is 33.6. The monoisotopic (exact) mass is 814 g/mol. The van der Waals surface area contributed by atoms with E-state index in [1.807, 2.05) is 36.9 Å². The predicted molar refractivity (Wildman–Crippen MR) is 224 cm³/mol. The van der Waals surface area contributed by atoms with Gasteiger partial charge in [0.15, 0.2) is 11.6 Å². The van der Waals surface area contributed by atoms with Gasteiger partial charge in [-0.05, 0) is 124 Å². The fourth-order valence-electron chi connectivity index (χ4n) is 12.2. The Bertz CT molecular complexity index is 2290. The second-order valence-corrected chi connectivity index (χ2v) is 20.0. The molecule has 10 nitrogen and oxygen atoms in total. The van der Waals surface area contributed by atoms with Crippen molar-refractivity contribution < 1.29 is 0 Å². The number of benzene rings is 2. The van der Waals surface area contributed by atoms with Crippen molar-refractivity contribution in [3.63, 3.8) is 0 Å². The van der Waals surface area contributed by atoms with Crippen LogP contribution in [-0.4, -0.2) is 48.6 Å². The van der Waals surface area contributed by atoms with E-state index in [1.54, 1.807) is 0 Å². The maximum absolute atomic E-state index is 6.27. The van der Waals surface area contributed by atoms with Crippen LogP contribution < -0.4 is 0 Å². The molecule has 300 valence electrons. The molecule has 14 rings (SSSR count). The Hall–Kier alpha value is -4.28. The van der Waals surface area contributed by atoms with Gasteiger partial charge in [-0.2, -0.15) is 10.2 Å². The average molecular weight is 816 g/mol. The number of hydrogen-bond acceptors (Lipinski definition) is 6. The van der Waals surface area contributed by atoms with Crippen LogP contribution in [0.5, 0.6) is 0 Å². The van der Waals surface area contributed by atoms with Gasteiger partial charge >= 0.3 is 0 Å². The van der Waals surface area contributed by atoms with Crippen LogP contribution in [0.2, 0.25) is 10.0 Å². The average Bonchev–Trinajstić information content (AvgIpc) is 3.91. The van der Waals surface area contributed by atoms with Gasteiger partial charge < -0.3 is 9.13 Å². The maximum atomic E-state index is 6.27. The summed E-state index contributed by atoms with van der Waals surface area (Å²) in [7, 11) is 0. The van der Waals surface area contributed by atoms with Crippen molar-refractivity contribution in [1.29, 1.82) is 0 Å². The quantitative estimate of drug-likeness (QED) is 0.152. The summed E-state index contributed by atoms with van der Waals surface area (Å²) in [5.41, 5.74) is 6.18. The minimum Gasteiger partial charge on any atom is -0.331 e. The molecule has 58 heavy (non-hydrogen) atoms. The largest absolute Gasteiger partial charge is 0.331 e. The van der Waals surface area contributed by atoms with E-state index in [-0.39, 0.29) is 0 Å². The van der Waals surface area contributed by atoms with Gasteiger partial charge in [-0.25, -0.2) is 29.3 Å². The Morgan fingerprint density at radius 2 is 1.03 bits per heavy atom. The molecule has 4 aromatic heterocycles. The van der Waals surface area contributed by atoms with Crippen LogP contribution in [0.3, 0.4) is 0 Å². The summed E-state index contributed by atoms with van der Waals surface area (Å²) in [5.74, 6) is 4.92. The summed E-state index contributed by atoms with van der Waals surface area (Å²) in [6.45, 7) is 6.08. The van der Waals surface area contributed by atoms with Gasteiger partial charge in [0.2, 0.25) is 0 Å². The highest BCUT2D eigenvalue weighted by molar-refractivity contribution is 6.30. The lowest BCUT2D eigenvalue weighted by Gasteiger charge is -2.71. The van der Waals surface area contributed by atoms with Gasteiger partial charge in [0, 0.05) is 71.3 Å². The number of aromatic nitrogens is 10. The first-order valence-electron chi connectivity index (χ1n) is 21.5. The lowest BCUT2D eigenvalue weighted by molar-refractivity contribution is -0.187. The third-order valence-corrected chi connectivity index (χ3v) is 15.1. The van der Waals surface area contributed by atoms with E-state index >= 15 is 0 Å². The first kappa shape index (κ1) is 36.8. The molecule has 0 saturated heterocycles.